The SMILES string of the molecule is CCc1cccc(-n2nnn(C)c2=O)c1COc1ccnnc1. The number of benzene rings is 1. The van der Waals surface area contributed by atoms with Crippen LogP contribution in [0, 0.1) is 0 Å². The zero-order chi connectivity index (χ0) is 16.2. The summed E-state index contributed by atoms with van der Waals surface area (Å²) < 4.78 is 8.24. The molecule has 8 nitrogen and oxygen atoms in total. The molecule has 1 aromatic carbocycles. The maximum atomic E-state index is 12.1. The van der Waals surface area contributed by atoms with Crippen LogP contribution in [0.25, 0.3) is 5.69 Å². The summed E-state index contributed by atoms with van der Waals surface area (Å²) in [6, 6.07) is 7.47. The van der Waals surface area contributed by atoms with E-state index in [4.69, 9.17) is 4.74 Å². The maximum absolute atomic E-state index is 12.1. The minimum atomic E-state index is -0.301. The van der Waals surface area contributed by atoms with Gasteiger partial charge in [-0.05, 0) is 28.5 Å². The van der Waals surface area contributed by atoms with Gasteiger partial charge in [-0.1, -0.05) is 19.1 Å². The quantitative estimate of drug-likeness (QED) is 0.695. The van der Waals surface area contributed by atoms with Crippen LogP contribution in [0.1, 0.15) is 18.1 Å². The minimum absolute atomic E-state index is 0.300. The topological polar surface area (TPSA) is 87.7 Å². The van der Waals surface area contributed by atoms with Crippen LogP contribution >= 0.6 is 0 Å². The van der Waals surface area contributed by atoms with Crippen LogP contribution < -0.4 is 10.4 Å². The molecule has 8 heteroatoms. The Labute approximate surface area is 132 Å². The molecular formula is C15H16N6O2. The van der Waals surface area contributed by atoms with Crippen molar-refractivity contribution in [1.29, 1.82) is 0 Å². The first-order valence-electron chi connectivity index (χ1n) is 7.20. The smallest absolute Gasteiger partial charge is 0.368 e. The fourth-order valence-electron chi connectivity index (χ4n) is 2.30. The summed E-state index contributed by atoms with van der Waals surface area (Å²) in [6.07, 6.45) is 3.92. The zero-order valence-electron chi connectivity index (χ0n) is 12.9. The third-order valence-electron chi connectivity index (χ3n) is 3.52. The van der Waals surface area contributed by atoms with Crippen molar-refractivity contribution < 1.29 is 4.74 Å². The van der Waals surface area contributed by atoms with Crippen LogP contribution in [0.3, 0.4) is 0 Å². The number of nitrogens with zero attached hydrogens (tertiary/aromatic N) is 6. The van der Waals surface area contributed by atoms with Crippen molar-refractivity contribution in [2.75, 3.05) is 0 Å². The summed E-state index contributed by atoms with van der Waals surface area (Å²) in [7, 11) is 1.56. The van der Waals surface area contributed by atoms with Crippen molar-refractivity contribution in [2.24, 2.45) is 7.05 Å². The zero-order valence-corrected chi connectivity index (χ0v) is 12.9. The normalized spacial score (nSPS) is 10.7. The van der Waals surface area contributed by atoms with E-state index in [0.717, 1.165) is 17.5 Å². The molecule has 0 unspecified atom stereocenters. The number of tetrazole rings is 1. The number of rotatable bonds is 5. The van der Waals surface area contributed by atoms with Gasteiger partial charge >= 0.3 is 5.69 Å². The third-order valence-corrected chi connectivity index (χ3v) is 3.52. The van der Waals surface area contributed by atoms with Crippen LogP contribution in [0.2, 0.25) is 0 Å². The van der Waals surface area contributed by atoms with Gasteiger partial charge < -0.3 is 4.74 Å². The van der Waals surface area contributed by atoms with E-state index in [9.17, 15) is 4.79 Å². The van der Waals surface area contributed by atoms with Crippen LogP contribution in [0.4, 0.5) is 0 Å². The van der Waals surface area contributed by atoms with E-state index in [1.54, 1.807) is 25.5 Å². The molecule has 0 radical (unpaired) electrons. The molecule has 0 bridgehead atoms. The number of aryl methyl sites for hydroxylation is 2. The Morgan fingerprint density at radius 3 is 2.70 bits per heavy atom. The summed E-state index contributed by atoms with van der Waals surface area (Å²) in [5.74, 6) is 0.614. The predicted octanol–water partition coefficient (Wildman–Crippen LogP) is 0.897. The molecule has 2 aromatic heterocycles. The number of hydrogen-bond donors (Lipinski definition) is 0. The van der Waals surface area contributed by atoms with E-state index in [2.05, 4.69) is 27.5 Å². The molecule has 118 valence electrons. The van der Waals surface area contributed by atoms with Crippen molar-refractivity contribution in [3.8, 4) is 11.4 Å². The van der Waals surface area contributed by atoms with Gasteiger partial charge in [0.2, 0.25) is 0 Å². The van der Waals surface area contributed by atoms with E-state index in [-0.39, 0.29) is 5.69 Å². The fourth-order valence-corrected chi connectivity index (χ4v) is 2.30. The maximum Gasteiger partial charge on any atom is 0.368 e. The van der Waals surface area contributed by atoms with Crippen LogP contribution in [0.15, 0.2) is 41.5 Å². The Morgan fingerprint density at radius 2 is 2.04 bits per heavy atom. The highest BCUT2D eigenvalue weighted by molar-refractivity contribution is 5.45. The first kappa shape index (κ1) is 14.9. The number of hydrogen-bond acceptors (Lipinski definition) is 6. The predicted molar refractivity (Wildman–Crippen MR) is 82.3 cm³/mol. The molecule has 0 aliphatic rings. The monoisotopic (exact) mass is 312 g/mol. The molecule has 3 aromatic rings. The second-order valence-electron chi connectivity index (χ2n) is 4.93. The molecule has 23 heavy (non-hydrogen) atoms. The van der Waals surface area contributed by atoms with Gasteiger partial charge in [-0.15, -0.1) is 0 Å². The van der Waals surface area contributed by atoms with Gasteiger partial charge in [0.1, 0.15) is 12.4 Å². The summed E-state index contributed by atoms with van der Waals surface area (Å²) in [4.78, 5) is 12.1. The summed E-state index contributed by atoms with van der Waals surface area (Å²) in [5.41, 5.74) is 2.35. The second kappa shape index (κ2) is 6.39. The second-order valence-corrected chi connectivity index (χ2v) is 4.93. The van der Waals surface area contributed by atoms with Crippen LogP contribution in [-0.4, -0.2) is 30.0 Å². The largest absolute Gasteiger partial charge is 0.487 e. The van der Waals surface area contributed by atoms with Gasteiger partial charge in [0.25, 0.3) is 0 Å². The first-order valence-corrected chi connectivity index (χ1v) is 7.20. The lowest BCUT2D eigenvalue weighted by Crippen LogP contribution is -2.23. The van der Waals surface area contributed by atoms with Gasteiger partial charge in [-0.3, -0.25) is 0 Å². The highest BCUT2D eigenvalue weighted by Gasteiger charge is 2.14. The molecule has 0 N–H and O–H groups in total. The average Bonchev–Trinajstić information content (AvgIpc) is 2.92. The van der Waals surface area contributed by atoms with E-state index in [1.807, 2.05) is 18.2 Å². The number of ether oxygens (including phenoxy) is 1. The van der Waals surface area contributed by atoms with Gasteiger partial charge in [-0.25, -0.2) is 4.79 Å². The Balaban J connectivity index is 2.00. The standard InChI is InChI=1S/C15H16N6O2/c1-3-11-5-4-6-14(21-15(22)20(2)18-19-21)13(11)10-23-12-7-8-16-17-9-12/h4-9H,3,10H2,1-2H3. The third kappa shape index (κ3) is 2.96. The lowest BCUT2D eigenvalue weighted by atomic mass is 10.0. The molecular weight excluding hydrogens is 296 g/mol. The molecule has 0 saturated heterocycles. The summed E-state index contributed by atoms with van der Waals surface area (Å²) in [6.45, 7) is 2.35. The molecule has 0 aliphatic heterocycles. The Bertz CT molecular complexity index is 856. The van der Waals surface area contributed by atoms with Crippen molar-refractivity contribution in [3.63, 3.8) is 0 Å². The Kier molecular flexibility index (Phi) is 4.13. The van der Waals surface area contributed by atoms with Crippen molar-refractivity contribution in [3.05, 3.63) is 58.3 Å². The first-order chi connectivity index (χ1) is 11.2. The molecule has 0 fully saturated rings. The molecule has 0 amide bonds. The van der Waals surface area contributed by atoms with E-state index in [0.29, 0.717) is 18.0 Å². The average molecular weight is 312 g/mol. The van der Waals surface area contributed by atoms with Gasteiger partial charge in [0.05, 0.1) is 18.1 Å². The molecule has 0 aliphatic carbocycles. The van der Waals surface area contributed by atoms with E-state index in [1.165, 1.54) is 9.36 Å². The Morgan fingerprint density at radius 1 is 1.17 bits per heavy atom. The Hall–Kier alpha value is -3.03. The summed E-state index contributed by atoms with van der Waals surface area (Å²) in [5, 5.41) is 15.2. The lowest BCUT2D eigenvalue weighted by molar-refractivity contribution is 0.302. The fraction of sp³-hybridized carbons (Fsp3) is 0.267. The lowest BCUT2D eigenvalue weighted by Gasteiger charge is -2.13. The number of aromatic nitrogens is 6. The highest BCUT2D eigenvalue weighted by Crippen LogP contribution is 2.20. The van der Waals surface area contributed by atoms with E-state index < -0.39 is 0 Å². The van der Waals surface area contributed by atoms with Gasteiger partial charge in [0.15, 0.2) is 0 Å². The molecule has 3 rings (SSSR count). The molecule has 2 heterocycles. The van der Waals surface area contributed by atoms with E-state index >= 15 is 0 Å². The molecule has 0 spiro atoms. The van der Waals surface area contributed by atoms with Gasteiger partial charge in [-0.2, -0.15) is 19.6 Å². The minimum Gasteiger partial charge on any atom is -0.487 e. The van der Waals surface area contributed by atoms with Crippen molar-refractivity contribution in [2.45, 2.75) is 20.0 Å². The van der Waals surface area contributed by atoms with Crippen LogP contribution in [0.5, 0.6) is 5.75 Å². The van der Waals surface area contributed by atoms with Gasteiger partial charge in [0, 0.05) is 18.7 Å². The van der Waals surface area contributed by atoms with Crippen LogP contribution in [-0.2, 0) is 20.1 Å². The van der Waals surface area contributed by atoms with Crippen molar-refractivity contribution in [1.82, 2.24) is 30.0 Å². The molecule has 0 atom stereocenters. The summed E-state index contributed by atoms with van der Waals surface area (Å²) >= 11 is 0. The van der Waals surface area contributed by atoms with Crippen molar-refractivity contribution >= 4 is 0 Å². The highest BCUT2D eigenvalue weighted by atomic mass is 16.5. The molecule has 0 saturated carbocycles.